The van der Waals surface area contributed by atoms with Gasteiger partial charge in [0.1, 0.15) is 0 Å². The maximum atomic E-state index is 12.7. The predicted molar refractivity (Wildman–Crippen MR) is 49.0 cm³/mol. The van der Waals surface area contributed by atoms with Crippen LogP contribution in [0.1, 0.15) is 12.0 Å². The third-order valence-corrected chi connectivity index (χ3v) is 1.83. The third kappa shape index (κ3) is 2.00. The Morgan fingerprint density at radius 1 is 1.44 bits per heavy atom. The van der Waals surface area contributed by atoms with Crippen molar-refractivity contribution in [3.8, 4) is 11.6 Å². The van der Waals surface area contributed by atoms with Crippen LogP contribution in [0.25, 0.3) is 0 Å². The summed E-state index contributed by atoms with van der Waals surface area (Å²) in [5.74, 6) is -0.816. The van der Waals surface area contributed by atoms with Crippen molar-refractivity contribution in [2.45, 2.75) is 6.43 Å². The van der Waals surface area contributed by atoms with Crippen LogP contribution in [0.3, 0.4) is 0 Å². The van der Waals surface area contributed by atoms with Crippen molar-refractivity contribution in [2.75, 3.05) is 14.2 Å². The number of rotatable bonds is 4. The second-order valence-electron chi connectivity index (χ2n) is 2.66. The molecule has 0 saturated carbocycles. The van der Waals surface area contributed by atoms with Crippen LogP contribution in [-0.2, 0) is 0 Å². The van der Waals surface area contributed by atoms with Gasteiger partial charge in [-0.15, -0.1) is 0 Å². The highest BCUT2D eigenvalue weighted by atomic mass is 19.3. The highest BCUT2D eigenvalue weighted by Crippen LogP contribution is 2.40. The van der Waals surface area contributed by atoms with Crippen molar-refractivity contribution in [1.82, 2.24) is 4.98 Å². The smallest absolute Gasteiger partial charge is 0.326 e. The molecule has 0 aromatic carbocycles. The number of aromatic nitrogens is 1. The molecule has 0 N–H and O–H groups in total. The summed E-state index contributed by atoms with van der Waals surface area (Å²) in [6.07, 6.45) is -2.11. The maximum absolute atomic E-state index is 12.7. The highest BCUT2D eigenvalue weighted by Gasteiger charge is 2.32. The van der Waals surface area contributed by atoms with E-state index in [4.69, 9.17) is 0 Å². The summed E-state index contributed by atoms with van der Waals surface area (Å²) in [4.78, 5) is 13.2. The number of hydrogen-bond acceptors (Lipinski definition) is 5. The monoisotopic (exact) mass is 234 g/mol. The molecule has 0 amide bonds. The van der Waals surface area contributed by atoms with E-state index in [1.807, 2.05) is 0 Å². The minimum absolute atomic E-state index is 0.332. The third-order valence-electron chi connectivity index (χ3n) is 1.83. The first-order valence-corrected chi connectivity index (χ1v) is 4.06. The second kappa shape index (κ2) is 4.69. The van der Waals surface area contributed by atoms with E-state index in [0.29, 0.717) is 0 Å². The van der Waals surface area contributed by atoms with Gasteiger partial charge in [-0.05, 0) is 0 Å². The van der Waals surface area contributed by atoms with Gasteiger partial charge >= 0.3 is 5.69 Å². The lowest BCUT2D eigenvalue weighted by atomic mass is 10.2. The number of alkyl halides is 2. The molecule has 16 heavy (non-hydrogen) atoms. The molecule has 0 spiro atoms. The quantitative estimate of drug-likeness (QED) is 0.587. The van der Waals surface area contributed by atoms with E-state index in [-0.39, 0.29) is 5.75 Å². The molecule has 0 bridgehead atoms. The Balaban J connectivity index is 3.53. The summed E-state index contributed by atoms with van der Waals surface area (Å²) < 4.78 is 34.5. The average molecular weight is 234 g/mol. The molecule has 0 unspecified atom stereocenters. The number of halogens is 2. The van der Waals surface area contributed by atoms with Crippen LogP contribution in [0.4, 0.5) is 14.5 Å². The largest absolute Gasteiger partial charge is 0.489 e. The number of ether oxygens (including phenoxy) is 2. The van der Waals surface area contributed by atoms with Crippen LogP contribution in [0.5, 0.6) is 11.6 Å². The van der Waals surface area contributed by atoms with Crippen LogP contribution >= 0.6 is 0 Å². The van der Waals surface area contributed by atoms with Gasteiger partial charge in [0.05, 0.1) is 25.3 Å². The second-order valence-corrected chi connectivity index (χ2v) is 2.66. The zero-order chi connectivity index (χ0) is 12.3. The van der Waals surface area contributed by atoms with Crippen molar-refractivity contribution < 1.29 is 23.2 Å². The van der Waals surface area contributed by atoms with Crippen LogP contribution in [-0.4, -0.2) is 24.1 Å². The van der Waals surface area contributed by atoms with Gasteiger partial charge in [-0.25, -0.2) is 13.8 Å². The van der Waals surface area contributed by atoms with E-state index < -0.39 is 28.5 Å². The summed E-state index contributed by atoms with van der Waals surface area (Å²) >= 11 is 0. The van der Waals surface area contributed by atoms with Crippen molar-refractivity contribution >= 4 is 5.69 Å². The molecule has 0 radical (unpaired) electrons. The fourth-order valence-corrected chi connectivity index (χ4v) is 1.18. The molecule has 88 valence electrons. The van der Waals surface area contributed by atoms with Gasteiger partial charge in [-0.3, -0.25) is 10.1 Å². The Bertz CT molecular complexity index is 411. The van der Waals surface area contributed by atoms with Gasteiger partial charge in [0.15, 0.2) is 5.56 Å². The molecule has 0 saturated heterocycles. The lowest BCUT2D eigenvalue weighted by Crippen LogP contribution is -2.04. The van der Waals surface area contributed by atoms with E-state index in [2.05, 4.69) is 14.5 Å². The molecular formula is C8H8F2N2O4. The predicted octanol–water partition coefficient (Wildman–Crippen LogP) is 1.94. The van der Waals surface area contributed by atoms with Crippen LogP contribution in [0.15, 0.2) is 6.20 Å². The lowest BCUT2D eigenvalue weighted by molar-refractivity contribution is -0.387. The van der Waals surface area contributed by atoms with Gasteiger partial charge < -0.3 is 9.47 Å². The number of methoxy groups -OCH3 is 2. The van der Waals surface area contributed by atoms with E-state index in [0.717, 1.165) is 20.4 Å². The van der Waals surface area contributed by atoms with E-state index in [1.165, 1.54) is 0 Å². The average Bonchev–Trinajstić information content (AvgIpc) is 2.26. The van der Waals surface area contributed by atoms with Crippen LogP contribution < -0.4 is 9.47 Å². The van der Waals surface area contributed by atoms with Crippen molar-refractivity contribution in [3.05, 3.63) is 21.9 Å². The zero-order valence-corrected chi connectivity index (χ0v) is 8.44. The zero-order valence-electron chi connectivity index (χ0n) is 8.44. The van der Waals surface area contributed by atoms with Gasteiger partial charge in [0.2, 0.25) is 11.6 Å². The summed E-state index contributed by atoms with van der Waals surface area (Å²) in [6, 6.07) is 0. The SMILES string of the molecule is COc1cnc(OC)c(C(F)F)c1[N+](=O)[O-]. The molecule has 1 aromatic rings. The molecule has 0 aliphatic rings. The van der Waals surface area contributed by atoms with E-state index in [1.54, 1.807) is 0 Å². The molecule has 1 aromatic heterocycles. The minimum Gasteiger partial charge on any atom is -0.489 e. The normalized spacial score (nSPS) is 10.3. The molecule has 1 heterocycles. The van der Waals surface area contributed by atoms with Crippen molar-refractivity contribution in [3.63, 3.8) is 0 Å². The van der Waals surface area contributed by atoms with E-state index in [9.17, 15) is 18.9 Å². The molecule has 1 rings (SSSR count). The Morgan fingerprint density at radius 3 is 2.44 bits per heavy atom. The van der Waals surface area contributed by atoms with Gasteiger partial charge in [0, 0.05) is 0 Å². The molecule has 0 fully saturated rings. The Morgan fingerprint density at radius 2 is 2.06 bits per heavy atom. The highest BCUT2D eigenvalue weighted by molar-refractivity contribution is 5.56. The van der Waals surface area contributed by atoms with Gasteiger partial charge in [-0.2, -0.15) is 0 Å². The fourth-order valence-electron chi connectivity index (χ4n) is 1.18. The molecule has 0 atom stereocenters. The number of nitrogens with zero attached hydrogens (tertiary/aromatic N) is 2. The Hall–Kier alpha value is -1.99. The first-order chi connectivity index (χ1) is 7.52. The van der Waals surface area contributed by atoms with Crippen molar-refractivity contribution in [1.29, 1.82) is 0 Å². The Kier molecular flexibility index (Phi) is 3.54. The minimum atomic E-state index is -3.07. The maximum Gasteiger partial charge on any atom is 0.326 e. The number of nitro groups is 1. The van der Waals surface area contributed by atoms with E-state index >= 15 is 0 Å². The Labute approximate surface area is 89.0 Å². The van der Waals surface area contributed by atoms with Crippen LogP contribution in [0.2, 0.25) is 0 Å². The number of pyridine rings is 1. The molecule has 0 aliphatic carbocycles. The summed E-state index contributed by atoms with van der Waals surface area (Å²) in [5.41, 5.74) is -1.71. The van der Waals surface area contributed by atoms with Gasteiger partial charge in [0.25, 0.3) is 6.43 Å². The molecule has 6 nitrogen and oxygen atoms in total. The first kappa shape index (κ1) is 12.1. The summed E-state index contributed by atoms with van der Waals surface area (Å²) in [5, 5.41) is 10.7. The van der Waals surface area contributed by atoms with Crippen molar-refractivity contribution in [2.24, 2.45) is 0 Å². The topological polar surface area (TPSA) is 74.5 Å². The van der Waals surface area contributed by atoms with Crippen LogP contribution in [0, 0.1) is 10.1 Å². The fraction of sp³-hybridized carbons (Fsp3) is 0.375. The lowest BCUT2D eigenvalue weighted by Gasteiger charge is -2.09. The summed E-state index contributed by atoms with van der Waals surface area (Å²) in [7, 11) is 2.23. The molecule has 8 heteroatoms. The molecule has 0 aliphatic heterocycles. The molecular weight excluding hydrogens is 226 g/mol. The standard InChI is InChI=1S/C8H8F2N2O4/c1-15-4-3-11-8(16-2)5(7(9)10)6(4)12(13)14/h3,7H,1-2H3. The first-order valence-electron chi connectivity index (χ1n) is 4.06. The van der Waals surface area contributed by atoms with Gasteiger partial charge in [-0.1, -0.05) is 0 Å². The summed E-state index contributed by atoms with van der Waals surface area (Å²) in [6.45, 7) is 0. The number of hydrogen-bond donors (Lipinski definition) is 0.